The Balaban J connectivity index is 1.96. The first kappa shape index (κ1) is 18.4. The molecule has 6 nitrogen and oxygen atoms in total. The second-order valence-electron chi connectivity index (χ2n) is 6.39. The van der Waals surface area contributed by atoms with E-state index in [2.05, 4.69) is 0 Å². The van der Waals surface area contributed by atoms with Crippen molar-refractivity contribution in [2.45, 2.75) is 16.2 Å². The lowest BCUT2D eigenvalue weighted by molar-refractivity contribution is -0.119. The first-order valence-electron chi connectivity index (χ1n) is 8.41. The van der Waals surface area contributed by atoms with E-state index in [9.17, 15) is 13.2 Å². The normalized spacial score (nSPS) is 14.0. The van der Waals surface area contributed by atoms with Crippen LogP contribution in [0.4, 0.5) is 5.69 Å². The van der Waals surface area contributed by atoms with Gasteiger partial charge in [-0.2, -0.15) is 0 Å². The number of hydrogen-bond acceptors (Lipinski definition) is 5. The highest BCUT2D eigenvalue weighted by Crippen LogP contribution is 2.35. The third kappa shape index (κ3) is 3.73. The summed E-state index contributed by atoms with van der Waals surface area (Å²) >= 11 is 0. The molecule has 0 radical (unpaired) electrons. The zero-order valence-electron chi connectivity index (χ0n) is 14.9. The Hall–Kier alpha value is -2.38. The maximum Gasteiger partial charge on any atom is 0.228 e. The van der Waals surface area contributed by atoms with Crippen LogP contribution in [0, 0.1) is 0 Å². The van der Waals surface area contributed by atoms with Gasteiger partial charge in [-0.3, -0.25) is 4.79 Å². The number of hydrogen-bond donors (Lipinski definition) is 0. The monoisotopic (exact) mass is 374 g/mol. The van der Waals surface area contributed by atoms with Crippen LogP contribution in [0.5, 0.6) is 5.75 Å². The van der Waals surface area contributed by atoms with Gasteiger partial charge in [-0.25, -0.2) is 8.42 Å². The summed E-state index contributed by atoms with van der Waals surface area (Å²) < 4.78 is 31.3. The van der Waals surface area contributed by atoms with Gasteiger partial charge in [0.05, 0.1) is 22.0 Å². The average molecular weight is 374 g/mol. The fourth-order valence-corrected chi connectivity index (χ4v) is 4.12. The number of amides is 1. The fraction of sp³-hybridized carbons (Fsp3) is 0.316. The highest BCUT2D eigenvalue weighted by Gasteiger charge is 2.26. The Bertz CT molecular complexity index is 895. The van der Waals surface area contributed by atoms with Crippen molar-refractivity contribution >= 4 is 21.4 Å². The Labute approximate surface area is 153 Å². The molecule has 0 unspecified atom stereocenters. The molecule has 1 aliphatic rings. The minimum absolute atomic E-state index is 0.0440. The van der Waals surface area contributed by atoms with Gasteiger partial charge in [-0.15, -0.1) is 0 Å². The van der Waals surface area contributed by atoms with Gasteiger partial charge in [0, 0.05) is 13.0 Å². The second-order valence-corrected chi connectivity index (χ2v) is 8.34. The van der Waals surface area contributed by atoms with Gasteiger partial charge in [0.2, 0.25) is 15.7 Å². The van der Waals surface area contributed by atoms with E-state index in [1.807, 2.05) is 19.0 Å². The number of fused-ring (bicyclic) bond motifs is 1. The van der Waals surface area contributed by atoms with E-state index in [1.54, 1.807) is 41.3 Å². The number of carbonyl (C=O) groups excluding carboxylic acids is 1. The quantitative estimate of drug-likeness (QED) is 0.803. The number of rotatable bonds is 5. The van der Waals surface area contributed by atoms with Crippen LogP contribution in [0.3, 0.4) is 0 Å². The minimum atomic E-state index is -3.65. The van der Waals surface area contributed by atoms with Gasteiger partial charge >= 0.3 is 0 Å². The molecular formula is C19H22N2O4S. The highest BCUT2D eigenvalue weighted by molar-refractivity contribution is 7.91. The number of benzene rings is 2. The van der Waals surface area contributed by atoms with Gasteiger partial charge in [0.1, 0.15) is 12.4 Å². The minimum Gasteiger partial charge on any atom is -0.490 e. The SMILES string of the molecule is CN(C)CCC(=O)N1CCOc2ccc(S(=O)(=O)c3ccccc3)cc21. The van der Waals surface area contributed by atoms with Crippen LogP contribution < -0.4 is 9.64 Å². The maximum absolute atomic E-state index is 12.9. The third-order valence-corrected chi connectivity index (χ3v) is 6.00. The van der Waals surface area contributed by atoms with Crippen molar-refractivity contribution in [2.24, 2.45) is 0 Å². The first-order valence-corrected chi connectivity index (χ1v) is 9.90. The Morgan fingerprint density at radius 1 is 1.12 bits per heavy atom. The zero-order chi connectivity index (χ0) is 18.7. The molecule has 3 rings (SSSR count). The first-order chi connectivity index (χ1) is 12.4. The molecule has 1 aliphatic heterocycles. The Kier molecular flexibility index (Phi) is 5.29. The van der Waals surface area contributed by atoms with Crippen LogP contribution in [0.2, 0.25) is 0 Å². The summed E-state index contributed by atoms with van der Waals surface area (Å²) in [7, 11) is 0.167. The summed E-state index contributed by atoms with van der Waals surface area (Å²) in [5.74, 6) is 0.485. The maximum atomic E-state index is 12.9. The predicted molar refractivity (Wildman–Crippen MR) is 99.4 cm³/mol. The number of ether oxygens (including phenoxy) is 1. The molecule has 0 bridgehead atoms. The molecular weight excluding hydrogens is 352 g/mol. The summed E-state index contributed by atoms with van der Waals surface area (Å²) in [6, 6.07) is 12.9. The standard InChI is InChI=1S/C19H22N2O4S/c1-20(2)11-10-19(22)21-12-13-25-18-9-8-16(14-17(18)21)26(23,24)15-6-4-3-5-7-15/h3-9,14H,10-13H2,1-2H3. The topological polar surface area (TPSA) is 66.9 Å². The van der Waals surface area contributed by atoms with Crippen molar-refractivity contribution in [3.8, 4) is 5.75 Å². The van der Waals surface area contributed by atoms with Crippen LogP contribution in [0.15, 0.2) is 58.3 Å². The molecule has 1 heterocycles. The zero-order valence-corrected chi connectivity index (χ0v) is 15.7. The van der Waals surface area contributed by atoms with Crippen molar-refractivity contribution in [3.05, 3.63) is 48.5 Å². The van der Waals surface area contributed by atoms with Gasteiger partial charge in [-0.1, -0.05) is 18.2 Å². The highest BCUT2D eigenvalue weighted by atomic mass is 32.2. The molecule has 0 aliphatic carbocycles. The molecule has 138 valence electrons. The van der Waals surface area contributed by atoms with E-state index in [-0.39, 0.29) is 15.7 Å². The average Bonchev–Trinajstić information content (AvgIpc) is 2.65. The lowest BCUT2D eigenvalue weighted by Gasteiger charge is -2.30. The van der Waals surface area contributed by atoms with E-state index in [4.69, 9.17) is 4.74 Å². The number of anilines is 1. The molecule has 26 heavy (non-hydrogen) atoms. The van der Waals surface area contributed by atoms with Crippen LogP contribution in [-0.4, -0.2) is 53.0 Å². The van der Waals surface area contributed by atoms with E-state index < -0.39 is 9.84 Å². The number of nitrogens with zero attached hydrogens (tertiary/aromatic N) is 2. The molecule has 2 aromatic carbocycles. The van der Waals surface area contributed by atoms with E-state index >= 15 is 0 Å². The molecule has 0 atom stereocenters. The lowest BCUT2D eigenvalue weighted by Crippen LogP contribution is -2.39. The lowest BCUT2D eigenvalue weighted by atomic mass is 10.2. The number of sulfone groups is 1. The molecule has 0 aromatic heterocycles. The predicted octanol–water partition coefficient (Wildman–Crippen LogP) is 2.20. The van der Waals surface area contributed by atoms with Crippen molar-refractivity contribution in [1.82, 2.24) is 4.90 Å². The molecule has 0 saturated carbocycles. The van der Waals surface area contributed by atoms with Crippen molar-refractivity contribution in [2.75, 3.05) is 38.7 Å². The van der Waals surface area contributed by atoms with Crippen LogP contribution in [0.25, 0.3) is 0 Å². The molecule has 2 aromatic rings. The van der Waals surface area contributed by atoms with Crippen molar-refractivity contribution < 1.29 is 17.9 Å². The summed E-state index contributed by atoms with van der Waals surface area (Å²) in [4.78, 5) is 16.5. The van der Waals surface area contributed by atoms with E-state index in [0.717, 1.165) is 0 Å². The van der Waals surface area contributed by atoms with Gasteiger partial charge in [-0.05, 0) is 44.4 Å². The smallest absolute Gasteiger partial charge is 0.228 e. The van der Waals surface area contributed by atoms with Crippen LogP contribution in [-0.2, 0) is 14.6 Å². The fourth-order valence-electron chi connectivity index (χ4n) is 2.81. The van der Waals surface area contributed by atoms with Gasteiger partial charge in [0.15, 0.2) is 0 Å². The van der Waals surface area contributed by atoms with Crippen LogP contribution in [0.1, 0.15) is 6.42 Å². The van der Waals surface area contributed by atoms with Crippen molar-refractivity contribution in [3.63, 3.8) is 0 Å². The Morgan fingerprint density at radius 3 is 2.54 bits per heavy atom. The summed E-state index contributed by atoms with van der Waals surface area (Å²) in [5, 5.41) is 0. The van der Waals surface area contributed by atoms with Gasteiger partial charge < -0.3 is 14.5 Å². The molecule has 0 saturated heterocycles. The van der Waals surface area contributed by atoms with E-state index in [0.29, 0.717) is 37.6 Å². The van der Waals surface area contributed by atoms with Gasteiger partial charge in [0.25, 0.3) is 0 Å². The Morgan fingerprint density at radius 2 is 1.85 bits per heavy atom. The third-order valence-electron chi connectivity index (χ3n) is 4.23. The van der Waals surface area contributed by atoms with E-state index in [1.165, 1.54) is 12.1 Å². The molecule has 0 fully saturated rings. The second kappa shape index (κ2) is 7.47. The molecule has 0 N–H and O–H groups in total. The number of carbonyl (C=O) groups is 1. The summed E-state index contributed by atoms with van der Waals surface area (Å²) in [5.41, 5.74) is 0.511. The van der Waals surface area contributed by atoms with Crippen LogP contribution >= 0.6 is 0 Å². The summed E-state index contributed by atoms with van der Waals surface area (Å²) in [6.07, 6.45) is 0.363. The molecule has 1 amide bonds. The summed E-state index contributed by atoms with van der Waals surface area (Å²) in [6.45, 7) is 1.44. The molecule has 7 heteroatoms. The largest absolute Gasteiger partial charge is 0.490 e. The molecule has 0 spiro atoms. The van der Waals surface area contributed by atoms with Crippen molar-refractivity contribution in [1.29, 1.82) is 0 Å².